The van der Waals surface area contributed by atoms with Crippen molar-refractivity contribution in [2.45, 2.75) is 12.3 Å². The second kappa shape index (κ2) is 7.14. The van der Waals surface area contributed by atoms with Crippen molar-refractivity contribution in [2.24, 2.45) is 0 Å². The highest BCUT2D eigenvalue weighted by Gasteiger charge is 2.32. The van der Waals surface area contributed by atoms with Crippen molar-refractivity contribution in [1.82, 2.24) is 14.9 Å². The van der Waals surface area contributed by atoms with E-state index < -0.39 is 5.92 Å². The first-order valence-corrected chi connectivity index (χ1v) is 9.50. The van der Waals surface area contributed by atoms with E-state index in [0.29, 0.717) is 32.9 Å². The minimum atomic E-state index is -0.462. The standard InChI is InChI=1S/C18H19Cl2N5O2/c1-24-4-6-25(7-5-24)18-22-16-15(17(27)23-18)12(9-14(26)21-16)11-3-2-10(19)8-13(11)20/h2-3,8,12H,4-7,9H2,1H3,(H2,21,22,23,26,27). The van der Waals surface area contributed by atoms with Gasteiger partial charge in [-0.25, -0.2) is 0 Å². The molecule has 0 spiro atoms. The minimum Gasteiger partial charge on any atom is -0.340 e. The molecule has 1 aromatic carbocycles. The average molecular weight is 408 g/mol. The lowest BCUT2D eigenvalue weighted by Crippen LogP contribution is -2.46. The fourth-order valence-corrected chi connectivity index (χ4v) is 4.12. The SMILES string of the molecule is CN1CCN(c2nc3c(c(=O)[nH]2)C(c2ccc(Cl)cc2Cl)CC(=O)N3)CC1. The largest absolute Gasteiger partial charge is 0.340 e. The molecule has 0 radical (unpaired) electrons. The van der Waals surface area contributed by atoms with Crippen LogP contribution >= 0.6 is 23.2 Å². The minimum absolute atomic E-state index is 0.132. The van der Waals surface area contributed by atoms with Crippen molar-refractivity contribution < 1.29 is 4.79 Å². The first kappa shape index (κ1) is 18.3. The molecule has 0 aliphatic carbocycles. The predicted octanol–water partition coefficient (Wildman–Crippen LogP) is 2.30. The number of rotatable bonds is 2. The Kier molecular flexibility index (Phi) is 4.84. The van der Waals surface area contributed by atoms with Gasteiger partial charge in [0.25, 0.3) is 5.56 Å². The molecule has 1 fully saturated rings. The molecule has 2 aromatic rings. The summed E-state index contributed by atoms with van der Waals surface area (Å²) in [7, 11) is 2.06. The molecule has 27 heavy (non-hydrogen) atoms. The van der Waals surface area contributed by atoms with Crippen LogP contribution in [0.3, 0.4) is 0 Å². The summed E-state index contributed by atoms with van der Waals surface area (Å²) < 4.78 is 0. The van der Waals surface area contributed by atoms with Crippen molar-refractivity contribution in [3.8, 4) is 0 Å². The molecule has 2 aliphatic rings. The zero-order valence-electron chi connectivity index (χ0n) is 14.8. The summed E-state index contributed by atoms with van der Waals surface area (Å²) in [6.07, 6.45) is 0.132. The van der Waals surface area contributed by atoms with Gasteiger partial charge >= 0.3 is 0 Å². The molecule has 1 unspecified atom stereocenters. The monoisotopic (exact) mass is 407 g/mol. The topological polar surface area (TPSA) is 81.3 Å². The Labute approximate surface area is 166 Å². The van der Waals surface area contributed by atoms with Gasteiger partial charge in [0, 0.05) is 48.6 Å². The lowest BCUT2D eigenvalue weighted by atomic mass is 9.87. The van der Waals surface area contributed by atoms with E-state index in [-0.39, 0.29) is 17.9 Å². The Balaban J connectivity index is 1.76. The number of carbonyl (C=O) groups excluding carboxylic acids is 1. The zero-order chi connectivity index (χ0) is 19.1. The van der Waals surface area contributed by atoms with Gasteiger partial charge in [-0.2, -0.15) is 4.98 Å². The van der Waals surface area contributed by atoms with Gasteiger partial charge in [0.2, 0.25) is 11.9 Å². The summed E-state index contributed by atoms with van der Waals surface area (Å²) >= 11 is 12.3. The molecule has 1 atom stereocenters. The second-order valence-corrected chi connectivity index (χ2v) is 7.76. The van der Waals surface area contributed by atoms with Crippen LogP contribution in [0, 0.1) is 0 Å². The Morgan fingerprint density at radius 2 is 1.89 bits per heavy atom. The molecule has 7 nitrogen and oxygen atoms in total. The predicted molar refractivity (Wildman–Crippen MR) is 106 cm³/mol. The lowest BCUT2D eigenvalue weighted by molar-refractivity contribution is -0.116. The Bertz CT molecular complexity index is 953. The third kappa shape index (κ3) is 3.54. The number of aromatic amines is 1. The lowest BCUT2D eigenvalue weighted by Gasteiger charge is -2.33. The summed E-state index contributed by atoms with van der Waals surface area (Å²) in [6.45, 7) is 3.30. The Hall–Kier alpha value is -2.09. The van der Waals surface area contributed by atoms with Crippen LogP contribution in [0.15, 0.2) is 23.0 Å². The van der Waals surface area contributed by atoms with E-state index in [1.54, 1.807) is 18.2 Å². The molecule has 2 aliphatic heterocycles. The highest BCUT2D eigenvalue weighted by atomic mass is 35.5. The molecular formula is C18H19Cl2N5O2. The molecule has 1 saturated heterocycles. The first-order chi connectivity index (χ1) is 12.9. The molecule has 9 heteroatoms. The number of hydrogen-bond acceptors (Lipinski definition) is 5. The van der Waals surface area contributed by atoms with Crippen molar-refractivity contribution >= 4 is 40.9 Å². The molecule has 2 N–H and O–H groups in total. The van der Waals surface area contributed by atoms with Gasteiger partial charge in [-0.3, -0.25) is 14.6 Å². The van der Waals surface area contributed by atoms with Gasteiger partial charge in [-0.15, -0.1) is 0 Å². The number of amides is 1. The van der Waals surface area contributed by atoms with E-state index in [1.165, 1.54) is 0 Å². The Morgan fingerprint density at radius 3 is 2.59 bits per heavy atom. The van der Waals surface area contributed by atoms with Crippen LogP contribution in [0.1, 0.15) is 23.5 Å². The van der Waals surface area contributed by atoms with Crippen molar-refractivity contribution in [3.63, 3.8) is 0 Å². The summed E-state index contributed by atoms with van der Waals surface area (Å²) in [4.78, 5) is 36.9. The summed E-state index contributed by atoms with van der Waals surface area (Å²) in [5.74, 6) is 0.132. The van der Waals surface area contributed by atoms with Crippen LogP contribution in [0.5, 0.6) is 0 Å². The summed E-state index contributed by atoms with van der Waals surface area (Å²) in [5.41, 5.74) is 0.860. The van der Waals surface area contributed by atoms with Crippen LogP contribution in [-0.2, 0) is 4.79 Å². The smallest absolute Gasteiger partial charge is 0.258 e. The van der Waals surface area contributed by atoms with Gasteiger partial charge < -0.3 is 15.1 Å². The maximum absolute atomic E-state index is 12.9. The normalized spacial score (nSPS) is 20.3. The van der Waals surface area contributed by atoms with Gasteiger partial charge in [0.1, 0.15) is 5.82 Å². The van der Waals surface area contributed by atoms with E-state index in [0.717, 1.165) is 26.2 Å². The second-order valence-electron chi connectivity index (χ2n) is 6.91. The van der Waals surface area contributed by atoms with Crippen molar-refractivity contribution in [3.05, 3.63) is 49.7 Å². The molecule has 1 amide bonds. The van der Waals surface area contributed by atoms with Crippen molar-refractivity contribution in [2.75, 3.05) is 43.4 Å². The quantitative estimate of drug-likeness (QED) is 0.797. The third-order valence-electron chi connectivity index (χ3n) is 5.08. The number of nitrogens with zero attached hydrogens (tertiary/aromatic N) is 3. The number of halogens is 2. The molecular weight excluding hydrogens is 389 g/mol. The van der Waals surface area contributed by atoms with Gasteiger partial charge in [-0.05, 0) is 24.7 Å². The third-order valence-corrected chi connectivity index (χ3v) is 5.64. The number of fused-ring (bicyclic) bond motifs is 1. The Morgan fingerprint density at radius 1 is 1.15 bits per heavy atom. The molecule has 1 aromatic heterocycles. The highest BCUT2D eigenvalue weighted by Crippen LogP contribution is 2.38. The number of carbonyl (C=O) groups is 1. The number of piperazine rings is 1. The van der Waals surface area contributed by atoms with E-state index in [1.807, 2.05) is 4.90 Å². The van der Waals surface area contributed by atoms with Gasteiger partial charge in [0.15, 0.2) is 0 Å². The van der Waals surface area contributed by atoms with E-state index in [4.69, 9.17) is 23.2 Å². The highest BCUT2D eigenvalue weighted by molar-refractivity contribution is 6.35. The van der Waals surface area contributed by atoms with Crippen LogP contribution in [0.2, 0.25) is 10.0 Å². The summed E-state index contributed by atoms with van der Waals surface area (Å²) in [6, 6.07) is 5.07. The number of hydrogen-bond donors (Lipinski definition) is 2. The maximum atomic E-state index is 12.9. The number of anilines is 2. The van der Waals surface area contributed by atoms with Gasteiger partial charge in [0.05, 0.1) is 5.56 Å². The number of aromatic nitrogens is 2. The molecule has 3 heterocycles. The number of benzene rings is 1. The number of H-pyrrole nitrogens is 1. The van der Waals surface area contributed by atoms with E-state index >= 15 is 0 Å². The first-order valence-electron chi connectivity index (χ1n) is 8.75. The molecule has 4 rings (SSSR count). The molecule has 142 valence electrons. The summed E-state index contributed by atoms with van der Waals surface area (Å²) in [5, 5.41) is 3.67. The van der Waals surface area contributed by atoms with Crippen LogP contribution in [0.4, 0.5) is 11.8 Å². The maximum Gasteiger partial charge on any atom is 0.258 e. The average Bonchev–Trinajstić information content (AvgIpc) is 2.61. The molecule has 0 saturated carbocycles. The van der Waals surface area contributed by atoms with E-state index in [9.17, 15) is 9.59 Å². The van der Waals surface area contributed by atoms with Crippen LogP contribution in [0.25, 0.3) is 0 Å². The number of nitrogens with one attached hydrogen (secondary N) is 2. The van der Waals surface area contributed by atoms with Crippen LogP contribution in [-0.4, -0.2) is 54.0 Å². The molecule has 0 bridgehead atoms. The number of likely N-dealkylation sites (N-methyl/N-ethyl adjacent to an activating group) is 1. The van der Waals surface area contributed by atoms with E-state index in [2.05, 4.69) is 27.2 Å². The fraction of sp³-hybridized carbons (Fsp3) is 0.389. The van der Waals surface area contributed by atoms with Crippen LogP contribution < -0.4 is 15.8 Å². The fourth-order valence-electron chi connectivity index (χ4n) is 3.58. The zero-order valence-corrected chi connectivity index (χ0v) is 16.3. The van der Waals surface area contributed by atoms with Crippen molar-refractivity contribution in [1.29, 1.82) is 0 Å². The van der Waals surface area contributed by atoms with Gasteiger partial charge in [-0.1, -0.05) is 29.3 Å².